The molecule has 0 bridgehead atoms. The molecule has 2 aromatic carbocycles. The van der Waals surface area contributed by atoms with Crippen LogP contribution in [0.5, 0.6) is 0 Å². The Morgan fingerprint density at radius 2 is 1.85 bits per heavy atom. The van der Waals surface area contributed by atoms with Gasteiger partial charge in [-0.3, -0.25) is 14.4 Å². The van der Waals surface area contributed by atoms with E-state index in [1.54, 1.807) is 35.2 Å². The second-order valence-electron chi connectivity index (χ2n) is 6.44. The molecule has 0 unspecified atom stereocenters. The normalized spacial score (nSPS) is 15.5. The molecule has 2 N–H and O–H groups in total. The number of anilines is 2. The number of rotatable bonds is 5. The summed E-state index contributed by atoms with van der Waals surface area (Å²) >= 11 is 0. The molecule has 1 atom stereocenters. The summed E-state index contributed by atoms with van der Waals surface area (Å²) in [5.74, 6) is -1.07. The van der Waals surface area contributed by atoms with E-state index in [2.05, 4.69) is 10.6 Å². The van der Waals surface area contributed by atoms with Gasteiger partial charge in [-0.05, 0) is 43.7 Å². The summed E-state index contributed by atoms with van der Waals surface area (Å²) in [5.41, 5.74) is 2.53. The smallest absolute Gasteiger partial charge is 0.253 e. The molecule has 0 saturated carbocycles. The van der Waals surface area contributed by atoms with E-state index >= 15 is 0 Å². The molecule has 1 aliphatic heterocycles. The Labute approximate surface area is 158 Å². The molecule has 1 heterocycles. The van der Waals surface area contributed by atoms with Gasteiger partial charge in [-0.15, -0.1) is 0 Å². The first-order valence-electron chi connectivity index (χ1n) is 9.12. The lowest BCUT2D eigenvalue weighted by Crippen LogP contribution is -2.31. The Morgan fingerprint density at radius 1 is 1.11 bits per heavy atom. The molecule has 0 radical (unpaired) electrons. The number of fused-ring (bicyclic) bond motifs is 1. The summed E-state index contributed by atoms with van der Waals surface area (Å²) in [4.78, 5) is 39.0. The molecule has 0 aliphatic carbocycles. The summed E-state index contributed by atoms with van der Waals surface area (Å²) in [5, 5.41) is 5.64. The molecule has 6 nitrogen and oxygen atoms in total. The summed E-state index contributed by atoms with van der Waals surface area (Å²) in [6.07, 6.45) is 0.0981. The highest BCUT2D eigenvalue weighted by molar-refractivity contribution is 6.05. The Balaban J connectivity index is 1.80. The van der Waals surface area contributed by atoms with Crippen molar-refractivity contribution in [3.05, 3.63) is 59.7 Å². The highest BCUT2D eigenvalue weighted by atomic mass is 16.2. The van der Waals surface area contributed by atoms with Gasteiger partial charge >= 0.3 is 0 Å². The molecular formula is C21H23N3O3. The predicted molar refractivity (Wildman–Crippen MR) is 105 cm³/mol. The highest BCUT2D eigenvalue weighted by Crippen LogP contribution is 2.32. The number of carbonyl (C=O) groups excluding carboxylic acids is 3. The van der Waals surface area contributed by atoms with Crippen molar-refractivity contribution >= 4 is 29.1 Å². The first kappa shape index (κ1) is 18.6. The van der Waals surface area contributed by atoms with Crippen LogP contribution in [0.15, 0.2) is 48.5 Å². The van der Waals surface area contributed by atoms with E-state index in [1.165, 1.54) is 0 Å². The predicted octanol–water partition coefficient (Wildman–Crippen LogP) is 3.23. The number of benzene rings is 2. The van der Waals surface area contributed by atoms with Crippen molar-refractivity contribution in [2.75, 3.05) is 23.7 Å². The van der Waals surface area contributed by atoms with Crippen LogP contribution in [0.25, 0.3) is 0 Å². The van der Waals surface area contributed by atoms with E-state index in [-0.39, 0.29) is 24.1 Å². The topological polar surface area (TPSA) is 78.5 Å². The Bertz CT molecular complexity index is 874. The standard InChI is InChI=1S/C21H23N3O3/c1-3-24(4-2)21(27)14-8-7-9-15(12-14)22-20(26)17-13-19(25)23-18-11-6-5-10-16(17)18/h5-12,17H,3-4,13H2,1-2H3,(H,22,26)(H,23,25)/t17-/m0/s1. The maximum absolute atomic E-state index is 12.8. The fraction of sp³-hybridized carbons (Fsp3) is 0.286. The Morgan fingerprint density at radius 3 is 2.59 bits per heavy atom. The van der Waals surface area contributed by atoms with E-state index < -0.39 is 5.92 Å². The maximum Gasteiger partial charge on any atom is 0.253 e. The van der Waals surface area contributed by atoms with E-state index in [0.717, 1.165) is 5.56 Å². The largest absolute Gasteiger partial charge is 0.339 e. The number of nitrogens with zero attached hydrogens (tertiary/aromatic N) is 1. The summed E-state index contributed by atoms with van der Waals surface area (Å²) < 4.78 is 0. The second-order valence-corrected chi connectivity index (χ2v) is 6.44. The van der Waals surface area contributed by atoms with Crippen molar-refractivity contribution in [1.82, 2.24) is 4.90 Å². The van der Waals surface area contributed by atoms with Gasteiger partial charge in [-0.2, -0.15) is 0 Å². The molecule has 1 aliphatic rings. The molecule has 2 aromatic rings. The molecule has 6 heteroatoms. The monoisotopic (exact) mass is 365 g/mol. The van der Waals surface area contributed by atoms with E-state index in [9.17, 15) is 14.4 Å². The van der Waals surface area contributed by atoms with Gasteiger partial charge in [0.05, 0.1) is 5.92 Å². The van der Waals surface area contributed by atoms with E-state index in [1.807, 2.05) is 32.0 Å². The Hall–Kier alpha value is -3.15. The maximum atomic E-state index is 12.8. The van der Waals surface area contributed by atoms with Crippen LogP contribution >= 0.6 is 0 Å². The molecule has 27 heavy (non-hydrogen) atoms. The van der Waals surface area contributed by atoms with Crippen LogP contribution in [0.4, 0.5) is 11.4 Å². The van der Waals surface area contributed by atoms with Crippen LogP contribution in [-0.2, 0) is 9.59 Å². The number of hydrogen-bond acceptors (Lipinski definition) is 3. The number of hydrogen-bond donors (Lipinski definition) is 2. The average Bonchev–Trinajstić information content (AvgIpc) is 2.68. The van der Waals surface area contributed by atoms with Crippen LogP contribution in [0.2, 0.25) is 0 Å². The molecule has 0 spiro atoms. The molecular weight excluding hydrogens is 342 g/mol. The molecule has 3 amide bonds. The lowest BCUT2D eigenvalue weighted by Gasteiger charge is -2.25. The first-order chi connectivity index (χ1) is 13.0. The van der Waals surface area contributed by atoms with Gasteiger partial charge in [0.25, 0.3) is 5.91 Å². The lowest BCUT2D eigenvalue weighted by molar-refractivity contribution is -0.123. The minimum atomic E-state index is -0.558. The fourth-order valence-electron chi connectivity index (χ4n) is 3.30. The van der Waals surface area contributed by atoms with E-state index in [4.69, 9.17) is 0 Å². The molecule has 3 rings (SSSR count). The van der Waals surface area contributed by atoms with Crippen molar-refractivity contribution in [2.45, 2.75) is 26.2 Å². The van der Waals surface area contributed by atoms with Crippen LogP contribution in [0, 0.1) is 0 Å². The third-order valence-electron chi connectivity index (χ3n) is 4.74. The fourth-order valence-corrected chi connectivity index (χ4v) is 3.30. The van der Waals surface area contributed by atoms with Crippen molar-refractivity contribution < 1.29 is 14.4 Å². The number of amides is 3. The van der Waals surface area contributed by atoms with Crippen LogP contribution in [0.1, 0.15) is 42.1 Å². The van der Waals surface area contributed by atoms with Crippen molar-refractivity contribution in [3.8, 4) is 0 Å². The number of carbonyl (C=O) groups is 3. The van der Waals surface area contributed by atoms with Gasteiger partial charge < -0.3 is 15.5 Å². The SMILES string of the molecule is CCN(CC)C(=O)c1cccc(NC(=O)[C@H]2CC(=O)Nc3ccccc32)c1. The highest BCUT2D eigenvalue weighted by Gasteiger charge is 2.30. The zero-order chi connectivity index (χ0) is 19.4. The van der Waals surface area contributed by atoms with Gasteiger partial charge in [-0.1, -0.05) is 24.3 Å². The molecule has 0 fully saturated rings. The number of para-hydroxylation sites is 1. The van der Waals surface area contributed by atoms with Gasteiger partial charge in [0.1, 0.15) is 0 Å². The van der Waals surface area contributed by atoms with Crippen molar-refractivity contribution in [2.24, 2.45) is 0 Å². The van der Waals surface area contributed by atoms with Crippen molar-refractivity contribution in [3.63, 3.8) is 0 Å². The zero-order valence-corrected chi connectivity index (χ0v) is 15.5. The molecule has 0 saturated heterocycles. The average molecular weight is 365 g/mol. The Kier molecular flexibility index (Phi) is 5.54. The quantitative estimate of drug-likeness (QED) is 0.854. The summed E-state index contributed by atoms with van der Waals surface area (Å²) in [6, 6.07) is 14.2. The zero-order valence-electron chi connectivity index (χ0n) is 15.5. The van der Waals surface area contributed by atoms with Crippen LogP contribution in [-0.4, -0.2) is 35.7 Å². The first-order valence-corrected chi connectivity index (χ1v) is 9.12. The van der Waals surface area contributed by atoms with E-state index in [0.29, 0.717) is 30.0 Å². The molecule has 0 aromatic heterocycles. The third-order valence-corrected chi connectivity index (χ3v) is 4.74. The van der Waals surface area contributed by atoms with Crippen LogP contribution < -0.4 is 10.6 Å². The van der Waals surface area contributed by atoms with Crippen LogP contribution in [0.3, 0.4) is 0 Å². The van der Waals surface area contributed by atoms with Gasteiger partial charge in [0, 0.05) is 36.4 Å². The molecule has 140 valence electrons. The summed E-state index contributed by atoms with van der Waals surface area (Å²) in [7, 11) is 0. The van der Waals surface area contributed by atoms with Gasteiger partial charge in [0.2, 0.25) is 11.8 Å². The lowest BCUT2D eigenvalue weighted by atomic mass is 9.90. The summed E-state index contributed by atoms with van der Waals surface area (Å²) in [6.45, 7) is 5.11. The minimum absolute atomic E-state index is 0.0708. The van der Waals surface area contributed by atoms with Gasteiger partial charge in [-0.25, -0.2) is 0 Å². The third kappa shape index (κ3) is 4.00. The minimum Gasteiger partial charge on any atom is -0.339 e. The van der Waals surface area contributed by atoms with Crippen molar-refractivity contribution in [1.29, 1.82) is 0 Å². The van der Waals surface area contributed by atoms with Gasteiger partial charge in [0.15, 0.2) is 0 Å². The number of nitrogens with one attached hydrogen (secondary N) is 2. The second kappa shape index (κ2) is 8.03.